The summed E-state index contributed by atoms with van der Waals surface area (Å²) < 4.78 is 12.3. The maximum atomic E-state index is 6.53. The number of likely N-dealkylation sites (N-methyl/N-ethyl adjacent to an activating group) is 1. The van der Waals surface area contributed by atoms with Crippen molar-refractivity contribution in [1.29, 1.82) is 0 Å². The van der Waals surface area contributed by atoms with E-state index in [9.17, 15) is 0 Å². The molecule has 0 saturated carbocycles. The normalized spacial score (nSPS) is 18.8. The van der Waals surface area contributed by atoms with Gasteiger partial charge in [-0.3, -0.25) is 0 Å². The summed E-state index contributed by atoms with van der Waals surface area (Å²) in [6, 6.07) is 26.2. The minimum absolute atomic E-state index is 0.0806. The van der Waals surface area contributed by atoms with Gasteiger partial charge in [0.1, 0.15) is 18.1 Å². The fraction of sp³-hybridized carbons (Fsp3) is 0.400. The van der Waals surface area contributed by atoms with Crippen LogP contribution in [0, 0.1) is 0 Å². The Kier molecular flexibility index (Phi) is 7.09. The Morgan fingerprint density at radius 1 is 0.848 bits per heavy atom. The standard InChI is InChI=1S/C30H37NO2/c1-6-31(7-2)18-19-33-26-21-24(32-5)20-25-28(26)27(22-14-10-8-11-15-22)29(30(25,3)4)23-16-12-9-13-17-23/h8-17,20-21,27,29H,6-7,18-19H2,1-5H3/t27-,29+/m0/s1. The highest BCUT2D eigenvalue weighted by Crippen LogP contribution is 2.60. The van der Waals surface area contributed by atoms with E-state index in [2.05, 4.69) is 105 Å². The molecule has 3 heteroatoms. The molecule has 0 amide bonds. The van der Waals surface area contributed by atoms with Gasteiger partial charge in [0.05, 0.1) is 7.11 Å². The summed E-state index contributed by atoms with van der Waals surface area (Å²) >= 11 is 0. The number of rotatable bonds is 9. The Labute approximate surface area is 199 Å². The van der Waals surface area contributed by atoms with E-state index < -0.39 is 0 Å². The van der Waals surface area contributed by atoms with Crippen LogP contribution in [0.25, 0.3) is 0 Å². The lowest BCUT2D eigenvalue weighted by atomic mass is 9.70. The maximum Gasteiger partial charge on any atom is 0.127 e. The molecule has 0 fully saturated rings. The van der Waals surface area contributed by atoms with Crippen LogP contribution >= 0.6 is 0 Å². The summed E-state index contributed by atoms with van der Waals surface area (Å²) in [6.45, 7) is 12.8. The Morgan fingerprint density at radius 2 is 1.45 bits per heavy atom. The molecule has 3 aromatic rings. The first-order valence-corrected chi connectivity index (χ1v) is 12.2. The van der Waals surface area contributed by atoms with Crippen molar-refractivity contribution < 1.29 is 9.47 Å². The monoisotopic (exact) mass is 443 g/mol. The number of benzene rings is 3. The quantitative estimate of drug-likeness (QED) is 0.371. The van der Waals surface area contributed by atoms with Crippen molar-refractivity contribution in [3.05, 3.63) is 95.1 Å². The number of hydrogen-bond acceptors (Lipinski definition) is 3. The van der Waals surface area contributed by atoms with Crippen molar-refractivity contribution in [3.8, 4) is 11.5 Å². The first-order valence-electron chi connectivity index (χ1n) is 12.2. The number of methoxy groups -OCH3 is 1. The van der Waals surface area contributed by atoms with E-state index in [1.54, 1.807) is 7.11 Å². The summed E-state index contributed by atoms with van der Waals surface area (Å²) in [4.78, 5) is 2.39. The second-order valence-electron chi connectivity index (χ2n) is 9.46. The average molecular weight is 444 g/mol. The predicted octanol–water partition coefficient (Wildman–Crippen LogP) is 6.62. The highest BCUT2D eigenvalue weighted by molar-refractivity contribution is 5.61. The third-order valence-electron chi connectivity index (χ3n) is 7.34. The third-order valence-corrected chi connectivity index (χ3v) is 7.34. The number of hydrogen-bond donors (Lipinski definition) is 0. The van der Waals surface area contributed by atoms with Crippen molar-refractivity contribution in [2.45, 2.75) is 44.9 Å². The molecule has 0 aromatic heterocycles. The summed E-state index contributed by atoms with van der Waals surface area (Å²) in [5.74, 6) is 2.33. The van der Waals surface area contributed by atoms with Crippen LogP contribution in [0.4, 0.5) is 0 Å². The number of fused-ring (bicyclic) bond motifs is 1. The Morgan fingerprint density at radius 3 is 2.03 bits per heavy atom. The second-order valence-corrected chi connectivity index (χ2v) is 9.46. The molecule has 1 aliphatic rings. The minimum atomic E-state index is -0.0806. The lowest BCUT2D eigenvalue weighted by molar-refractivity contribution is 0.221. The van der Waals surface area contributed by atoms with Gasteiger partial charge in [0.15, 0.2) is 0 Å². The lowest BCUT2D eigenvalue weighted by Gasteiger charge is -2.32. The largest absolute Gasteiger partial charge is 0.497 e. The molecule has 0 aliphatic heterocycles. The lowest BCUT2D eigenvalue weighted by Crippen LogP contribution is -2.28. The van der Waals surface area contributed by atoms with E-state index in [0.717, 1.165) is 31.1 Å². The summed E-state index contributed by atoms with van der Waals surface area (Å²) in [5.41, 5.74) is 5.24. The molecule has 3 aromatic carbocycles. The van der Waals surface area contributed by atoms with E-state index >= 15 is 0 Å². The highest BCUT2D eigenvalue weighted by atomic mass is 16.5. The van der Waals surface area contributed by atoms with Gasteiger partial charge in [-0.15, -0.1) is 0 Å². The van der Waals surface area contributed by atoms with Crippen LogP contribution in [0.3, 0.4) is 0 Å². The smallest absolute Gasteiger partial charge is 0.127 e. The number of ether oxygens (including phenoxy) is 2. The molecule has 0 radical (unpaired) electrons. The van der Waals surface area contributed by atoms with Crippen LogP contribution in [0.2, 0.25) is 0 Å². The first-order chi connectivity index (χ1) is 16.0. The average Bonchev–Trinajstić information content (AvgIpc) is 3.09. The van der Waals surface area contributed by atoms with Gasteiger partial charge in [-0.05, 0) is 41.3 Å². The van der Waals surface area contributed by atoms with Crippen LogP contribution < -0.4 is 9.47 Å². The van der Waals surface area contributed by atoms with Crippen molar-refractivity contribution in [2.75, 3.05) is 33.4 Å². The fourth-order valence-electron chi connectivity index (χ4n) is 5.56. The molecule has 0 heterocycles. The predicted molar refractivity (Wildman–Crippen MR) is 137 cm³/mol. The Bertz CT molecular complexity index is 1040. The van der Waals surface area contributed by atoms with Gasteiger partial charge in [-0.2, -0.15) is 0 Å². The van der Waals surface area contributed by atoms with Crippen LogP contribution in [0.5, 0.6) is 11.5 Å². The minimum Gasteiger partial charge on any atom is -0.497 e. The SMILES string of the molecule is CCN(CC)CCOc1cc(OC)cc2c1[C@H](c1ccccc1)[C@@H](c1ccccc1)C2(C)C. The first kappa shape index (κ1) is 23.4. The van der Waals surface area contributed by atoms with Crippen LogP contribution in [-0.2, 0) is 5.41 Å². The molecule has 0 bridgehead atoms. The van der Waals surface area contributed by atoms with Crippen molar-refractivity contribution in [1.82, 2.24) is 4.90 Å². The molecule has 3 nitrogen and oxygen atoms in total. The maximum absolute atomic E-state index is 6.53. The molecule has 174 valence electrons. The van der Waals surface area contributed by atoms with E-state index in [1.165, 1.54) is 22.3 Å². The van der Waals surface area contributed by atoms with Gasteiger partial charge in [0, 0.05) is 30.0 Å². The van der Waals surface area contributed by atoms with E-state index in [0.29, 0.717) is 12.5 Å². The van der Waals surface area contributed by atoms with E-state index in [-0.39, 0.29) is 11.3 Å². The molecule has 0 unspecified atom stereocenters. The zero-order valence-electron chi connectivity index (χ0n) is 20.7. The summed E-state index contributed by atoms with van der Waals surface area (Å²) in [7, 11) is 1.74. The molecule has 1 aliphatic carbocycles. The van der Waals surface area contributed by atoms with Gasteiger partial charge in [-0.1, -0.05) is 88.4 Å². The van der Waals surface area contributed by atoms with Crippen molar-refractivity contribution in [3.63, 3.8) is 0 Å². The topological polar surface area (TPSA) is 21.7 Å². The van der Waals surface area contributed by atoms with E-state index in [1.807, 2.05) is 0 Å². The molecular formula is C30H37NO2. The van der Waals surface area contributed by atoms with Gasteiger partial charge in [0.2, 0.25) is 0 Å². The Hall–Kier alpha value is -2.78. The third kappa shape index (κ3) is 4.52. The molecule has 2 atom stereocenters. The fourth-order valence-corrected chi connectivity index (χ4v) is 5.56. The summed E-state index contributed by atoms with van der Waals surface area (Å²) in [6.07, 6.45) is 0. The zero-order chi connectivity index (χ0) is 23.4. The molecule has 0 N–H and O–H groups in total. The highest BCUT2D eigenvalue weighted by Gasteiger charge is 2.49. The zero-order valence-corrected chi connectivity index (χ0v) is 20.7. The molecular weight excluding hydrogens is 406 g/mol. The van der Waals surface area contributed by atoms with Crippen molar-refractivity contribution >= 4 is 0 Å². The van der Waals surface area contributed by atoms with Crippen LogP contribution in [0.15, 0.2) is 72.8 Å². The van der Waals surface area contributed by atoms with Gasteiger partial charge >= 0.3 is 0 Å². The van der Waals surface area contributed by atoms with Gasteiger partial charge in [-0.25, -0.2) is 0 Å². The van der Waals surface area contributed by atoms with Crippen LogP contribution in [0.1, 0.15) is 61.8 Å². The number of nitrogens with zero attached hydrogens (tertiary/aromatic N) is 1. The van der Waals surface area contributed by atoms with Crippen molar-refractivity contribution in [2.24, 2.45) is 0 Å². The van der Waals surface area contributed by atoms with E-state index in [4.69, 9.17) is 9.47 Å². The molecule has 33 heavy (non-hydrogen) atoms. The Balaban J connectivity index is 1.85. The summed E-state index contributed by atoms with van der Waals surface area (Å²) in [5, 5.41) is 0. The molecule has 0 spiro atoms. The van der Waals surface area contributed by atoms with Gasteiger partial charge < -0.3 is 14.4 Å². The van der Waals surface area contributed by atoms with Gasteiger partial charge in [0.25, 0.3) is 0 Å². The second kappa shape index (κ2) is 10.0. The molecule has 0 saturated heterocycles. The van der Waals surface area contributed by atoms with Crippen LogP contribution in [-0.4, -0.2) is 38.3 Å². The molecule has 4 rings (SSSR count).